The van der Waals surface area contributed by atoms with Gasteiger partial charge in [-0.05, 0) is 78.7 Å². The lowest BCUT2D eigenvalue weighted by Crippen LogP contribution is -2.54. The van der Waals surface area contributed by atoms with Crippen molar-refractivity contribution < 1.29 is 48.1 Å². The summed E-state index contributed by atoms with van der Waals surface area (Å²) in [6.07, 6.45) is 7.93. The van der Waals surface area contributed by atoms with Crippen molar-refractivity contribution in [3.05, 3.63) is 88.5 Å². The molecule has 6 amide bonds. The molecular weight excluding hydrogens is 732 g/mol. The Morgan fingerprint density at radius 1 is 0.982 bits per heavy atom. The van der Waals surface area contributed by atoms with Crippen molar-refractivity contribution in [1.82, 2.24) is 15.5 Å². The fraction of sp³-hybridized carbons (Fsp3) is 0.465. The number of alkyl carbamates (subject to hydrolysis) is 1. The number of nitrogens with zero attached hydrogens (tertiary/aromatic N) is 1. The molecule has 4 N–H and O–H groups in total. The molecule has 2 aliphatic carbocycles. The summed E-state index contributed by atoms with van der Waals surface area (Å²) in [5.74, 6) is -2.64. The van der Waals surface area contributed by atoms with E-state index in [0.29, 0.717) is 37.8 Å². The van der Waals surface area contributed by atoms with Crippen molar-refractivity contribution in [2.75, 3.05) is 11.9 Å². The zero-order chi connectivity index (χ0) is 40.4. The summed E-state index contributed by atoms with van der Waals surface area (Å²) in [5, 5.41) is 17.9. The molecule has 0 saturated carbocycles. The average molecular weight is 781 g/mol. The van der Waals surface area contributed by atoms with Crippen molar-refractivity contribution >= 4 is 47.3 Å². The molecule has 300 valence electrons. The van der Waals surface area contributed by atoms with E-state index in [2.05, 4.69) is 48.0 Å². The highest BCUT2D eigenvalue weighted by atomic mass is 16.6. The number of aliphatic hydroxyl groups excluding tert-OH is 1. The third kappa shape index (κ3) is 8.85. The molecule has 5 aliphatic rings. The first-order valence-corrected chi connectivity index (χ1v) is 19.8. The Morgan fingerprint density at radius 2 is 1.75 bits per heavy atom. The van der Waals surface area contributed by atoms with E-state index in [1.165, 1.54) is 12.1 Å². The monoisotopic (exact) mass is 780 g/mol. The Balaban J connectivity index is 0.897. The zero-order valence-electron chi connectivity index (χ0n) is 32.0. The Morgan fingerprint density at radius 3 is 2.51 bits per heavy atom. The summed E-state index contributed by atoms with van der Waals surface area (Å²) in [7, 11) is 0. The van der Waals surface area contributed by atoms with Crippen LogP contribution in [0.3, 0.4) is 0 Å². The molecule has 3 heterocycles. The van der Waals surface area contributed by atoms with Gasteiger partial charge in [0, 0.05) is 25.3 Å². The Bertz CT molecular complexity index is 2030. The summed E-state index contributed by atoms with van der Waals surface area (Å²) in [6.45, 7) is 4.61. The topological polar surface area (TPSA) is 198 Å². The number of cyclic esters (lactones) is 1. The van der Waals surface area contributed by atoms with Gasteiger partial charge in [-0.3, -0.25) is 39.0 Å². The van der Waals surface area contributed by atoms with Crippen molar-refractivity contribution in [2.45, 2.75) is 96.0 Å². The molecule has 2 aromatic rings. The van der Waals surface area contributed by atoms with Crippen LogP contribution >= 0.6 is 0 Å². The third-order valence-electron chi connectivity index (χ3n) is 11.7. The first-order chi connectivity index (χ1) is 27.3. The Kier molecular flexibility index (Phi) is 11.7. The van der Waals surface area contributed by atoms with E-state index < -0.39 is 47.8 Å². The molecule has 0 bridgehead atoms. The summed E-state index contributed by atoms with van der Waals surface area (Å²) < 4.78 is 11.6. The van der Waals surface area contributed by atoms with E-state index in [9.17, 15) is 38.7 Å². The van der Waals surface area contributed by atoms with Crippen LogP contribution in [0.15, 0.2) is 66.3 Å². The van der Waals surface area contributed by atoms with Gasteiger partial charge in [0.05, 0.1) is 35.8 Å². The van der Waals surface area contributed by atoms with Crippen LogP contribution in [0, 0.1) is 23.7 Å². The van der Waals surface area contributed by atoms with Crippen LogP contribution in [-0.2, 0) is 41.5 Å². The number of anilines is 1. The second-order valence-corrected chi connectivity index (χ2v) is 15.9. The highest BCUT2D eigenvalue weighted by molar-refractivity contribution is 6.26. The molecule has 2 fully saturated rings. The van der Waals surface area contributed by atoms with E-state index in [0.717, 1.165) is 22.5 Å². The standard InChI is InChI=1S/C43H48N4O10/c1-23-18-27-11-6-24(2)30(13-12-29-21-28(48)22-37(51)56-29)38(27)34(19-23)57-43(55)44-17-16-25-7-9-26(10-8-25)20-36(50)45-32-5-3-4-31-39(32)42(54)47(41(31)53)33-14-15-35(49)46-40(33)52/h3-11,18,23-24,28-30,33-34,38,48H,12-17,19-22H2,1-2H3,(H,44,55)(H,45,50)(H,46,49,52)/t23-,24-,28+,29+,30?,33?,34-,38-/m0/s1. The molecular formula is C43H48N4O10. The molecule has 57 heavy (non-hydrogen) atoms. The van der Waals surface area contributed by atoms with Crippen LogP contribution in [0.5, 0.6) is 0 Å². The van der Waals surface area contributed by atoms with Gasteiger partial charge in [0.2, 0.25) is 17.7 Å². The lowest BCUT2D eigenvalue weighted by molar-refractivity contribution is -0.160. The van der Waals surface area contributed by atoms with Crippen molar-refractivity contribution in [3.63, 3.8) is 0 Å². The molecule has 14 heteroatoms. The molecule has 3 aliphatic heterocycles. The van der Waals surface area contributed by atoms with E-state index >= 15 is 0 Å². The number of carbonyl (C=O) groups is 7. The Labute approximate surface area is 330 Å². The number of esters is 1. The fourth-order valence-corrected chi connectivity index (χ4v) is 8.95. The lowest BCUT2D eigenvalue weighted by Gasteiger charge is -2.43. The quantitative estimate of drug-likeness (QED) is 0.190. The first kappa shape index (κ1) is 39.6. The number of allylic oxidation sites excluding steroid dienone is 3. The maximum absolute atomic E-state index is 13.4. The van der Waals surface area contributed by atoms with E-state index in [4.69, 9.17) is 9.47 Å². The smallest absolute Gasteiger partial charge is 0.407 e. The van der Waals surface area contributed by atoms with Crippen molar-refractivity contribution in [2.24, 2.45) is 23.7 Å². The molecule has 2 unspecified atom stereocenters. The number of imide groups is 2. The summed E-state index contributed by atoms with van der Waals surface area (Å²) >= 11 is 0. The molecule has 8 atom stereocenters. The van der Waals surface area contributed by atoms with Crippen LogP contribution in [0.1, 0.15) is 90.6 Å². The van der Waals surface area contributed by atoms with Crippen molar-refractivity contribution in [1.29, 1.82) is 0 Å². The van der Waals surface area contributed by atoms with Gasteiger partial charge < -0.3 is 25.2 Å². The molecule has 0 radical (unpaired) electrons. The number of carbonyl (C=O) groups excluding carboxylic acids is 7. The first-order valence-electron chi connectivity index (χ1n) is 19.8. The number of rotatable bonds is 11. The normalized spacial score (nSPS) is 28.2. The van der Waals surface area contributed by atoms with Gasteiger partial charge in [0.15, 0.2) is 0 Å². The van der Waals surface area contributed by atoms with Crippen LogP contribution in [-0.4, -0.2) is 82.5 Å². The summed E-state index contributed by atoms with van der Waals surface area (Å²) in [6, 6.07) is 10.8. The molecule has 2 aromatic carbocycles. The fourth-order valence-electron chi connectivity index (χ4n) is 8.95. The SMILES string of the molecule is C[C@H]1C=C2C=C[C@H](C)C(CC[C@@H]3C[C@@H](O)CC(=O)O3)[C@H]2[C@@H](OC(=O)NCCc2ccc(CC(=O)Nc3cccc4c3C(=O)N(C3CCC(=O)NC3=O)C4=O)cc2)C1. The minimum absolute atomic E-state index is 0.00450. The average Bonchev–Trinajstić information content (AvgIpc) is 3.41. The van der Waals surface area contributed by atoms with Gasteiger partial charge >= 0.3 is 12.1 Å². The number of hydrogen-bond acceptors (Lipinski definition) is 10. The van der Waals surface area contributed by atoms with E-state index in [1.807, 2.05) is 24.3 Å². The number of hydrogen-bond donors (Lipinski definition) is 4. The van der Waals surface area contributed by atoms with Gasteiger partial charge in [-0.15, -0.1) is 0 Å². The van der Waals surface area contributed by atoms with Gasteiger partial charge in [-0.1, -0.05) is 62.4 Å². The zero-order valence-corrected chi connectivity index (χ0v) is 32.0. The van der Waals surface area contributed by atoms with Crippen LogP contribution in [0.2, 0.25) is 0 Å². The maximum Gasteiger partial charge on any atom is 0.407 e. The van der Waals surface area contributed by atoms with Gasteiger partial charge in [-0.25, -0.2) is 4.79 Å². The number of nitrogens with one attached hydrogen (secondary N) is 3. The summed E-state index contributed by atoms with van der Waals surface area (Å²) in [5.41, 5.74) is 3.05. The predicted molar refractivity (Wildman–Crippen MR) is 205 cm³/mol. The number of piperidine rings is 1. The number of amides is 6. The van der Waals surface area contributed by atoms with Gasteiger partial charge in [-0.2, -0.15) is 0 Å². The number of fused-ring (bicyclic) bond motifs is 2. The van der Waals surface area contributed by atoms with E-state index in [-0.39, 0.29) is 84.3 Å². The largest absolute Gasteiger partial charge is 0.462 e. The number of aliphatic hydroxyl groups is 1. The molecule has 14 nitrogen and oxygen atoms in total. The van der Waals surface area contributed by atoms with Gasteiger partial charge in [0.25, 0.3) is 11.8 Å². The Hall–Kier alpha value is -5.63. The predicted octanol–water partition coefficient (Wildman–Crippen LogP) is 4.16. The lowest BCUT2D eigenvalue weighted by atomic mass is 9.65. The van der Waals surface area contributed by atoms with Crippen LogP contribution < -0.4 is 16.0 Å². The maximum atomic E-state index is 13.4. The molecule has 0 spiro atoms. The minimum Gasteiger partial charge on any atom is -0.462 e. The highest BCUT2D eigenvalue weighted by Crippen LogP contribution is 2.45. The number of benzene rings is 2. The number of ether oxygens (including phenoxy) is 2. The molecule has 7 rings (SSSR count). The molecule has 2 saturated heterocycles. The molecule has 0 aromatic heterocycles. The highest BCUT2D eigenvalue weighted by Gasteiger charge is 2.46. The third-order valence-corrected chi connectivity index (χ3v) is 11.7. The van der Waals surface area contributed by atoms with Gasteiger partial charge in [0.1, 0.15) is 18.2 Å². The second-order valence-electron chi connectivity index (χ2n) is 15.9. The second kappa shape index (κ2) is 16.8. The summed E-state index contributed by atoms with van der Waals surface area (Å²) in [4.78, 5) is 89.6. The minimum atomic E-state index is -1.11. The van der Waals surface area contributed by atoms with Crippen LogP contribution in [0.25, 0.3) is 0 Å². The van der Waals surface area contributed by atoms with Crippen molar-refractivity contribution in [3.8, 4) is 0 Å². The van der Waals surface area contributed by atoms with E-state index in [1.54, 1.807) is 6.07 Å². The van der Waals surface area contributed by atoms with Crippen LogP contribution in [0.4, 0.5) is 10.5 Å².